The summed E-state index contributed by atoms with van der Waals surface area (Å²) in [4.78, 5) is 12.1. The van der Waals surface area contributed by atoms with Crippen LogP contribution in [0.3, 0.4) is 0 Å². The number of carbonyl (C=O) groups is 1. The number of nitrogens with one attached hydrogen (secondary N) is 1. The van der Waals surface area contributed by atoms with Gasteiger partial charge in [-0.3, -0.25) is 4.79 Å². The van der Waals surface area contributed by atoms with Crippen LogP contribution >= 0.6 is 0 Å². The predicted molar refractivity (Wildman–Crippen MR) is 83.9 cm³/mol. The first-order valence-corrected chi connectivity index (χ1v) is 9.42. The summed E-state index contributed by atoms with van der Waals surface area (Å²) >= 11 is 0. The minimum Gasteiger partial charge on any atom is -0.349 e. The fraction of sp³-hybridized carbons (Fsp3) is 0.562. The molecule has 0 saturated heterocycles. The lowest BCUT2D eigenvalue weighted by molar-refractivity contribution is -0.124. The van der Waals surface area contributed by atoms with E-state index in [1.165, 1.54) is 17.5 Å². The first-order chi connectivity index (χ1) is 9.76. The average Bonchev–Trinajstić information content (AvgIpc) is 2.83. The molecule has 0 aliphatic heterocycles. The third-order valence-electron chi connectivity index (χ3n) is 3.98. The number of hydrogen-bond donors (Lipinski definition) is 1. The minimum absolute atomic E-state index is 0.106. The van der Waals surface area contributed by atoms with Crippen molar-refractivity contribution in [3.05, 3.63) is 34.9 Å². The summed E-state index contributed by atoms with van der Waals surface area (Å²) in [5.74, 6) is -0.860. The van der Waals surface area contributed by atoms with Crippen molar-refractivity contribution in [2.75, 3.05) is 12.0 Å². The zero-order valence-corrected chi connectivity index (χ0v) is 13.7. The first-order valence-electron chi connectivity index (χ1n) is 7.36. The molecule has 1 aromatic carbocycles. The zero-order chi connectivity index (χ0) is 15.6. The van der Waals surface area contributed by atoms with E-state index >= 15 is 0 Å². The lowest BCUT2D eigenvalue weighted by Crippen LogP contribution is -2.34. The van der Waals surface area contributed by atoms with E-state index in [0.717, 1.165) is 24.7 Å². The normalized spacial score (nSPS) is 17.1. The first kappa shape index (κ1) is 16.0. The number of fused-ring (bicyclic) bond motifs is 1. The average molecular weight is 309 g/mol. The molecular formula is C16H23NO3S. The van der Waals surface area contributed by atoms with Crippen LogP contribution in [0.25, 0.3) is 0 Å². The van der Waals surface area contributed by atoms with Crippen LogP contribution in [0.1, 0.15) is 43.0 Å². The molecule has 116 valence electrons. The summed E-state index contributed by atoms with van der Waals surface area (Å²) in [5.41, 5.74) is 3.86. The maximum absolute atomic E-state index is 12.1. The number of benzene rings is 1. The Morgan fingerprint density at radius 3 is 2.57 bits per heavy atom. The Morgan fingerprint density at radius 2 is 1.90 bits per heavy atom. The van der Waals surface area contributed by atoms with Gasteiger partial charge in [0.1, 0.15) is 9.84 Å². The van der Waals surface area contributed by atoms with Gasteiger partial charge in [-0.15, -0.1) is 0 Å². The highest BCUT2D eigenvalue weighted by Crippen LogP contribution is 2.25. The van der Waals surface area contributed by atoms with Crippen LogP contribution in [0.5, 0.6) is 0 Å². The Hall–Kier alpha value is -1.36. The molecule has 0 spiro atoms. The van der Waals surface area contributed by atoms with E-state index < -0.39 is 15.8 Å². The zero-order valence-electron chi connectivity index (χ0n) is 12.8. The van der Waals surface area contributed by atoms with Crippen molar-refractivity contribution >= 4 is 15.7 Å². The third-order valence-corrected chi connectivity index (χ3v) is 5.09. The molecule has 0 fully saturated rings. The van der Waals surface area contributed by atoms with Crippen molar-refractivity contribution in [1.29, 1.82) is 0 Å². The molecule has 0 saturated carbocycles. The van der Waals surface area contributed by atoms with Crippen LogP contribution in [-0.4, -0.2) is 26.3 Å². The Kier molecular flexibility index (Phi) is 4.71. The number of hydrogen-bond acceptors (Lipinski definition) is 3. The van der Waals surface area contributed by atoms with Crippen LogP contribution in [-0.2, 0) is 27.5 Å². The Bertz CT molecular complexity index is 637. The molecule has 2 rings (SSSR count). The number of amides is 1. The van der Waals surface area contributed by atoms with Crippen molar-refractivity contribution in [3.63, 3.8) is 0 Å². The molecule has 21 heavy (non-hydrogen) atoms. The van der Waals surface area contributed by atoms with Gasteiger partial charge < -0.3 is 5.32 Å². The molecule has 5 heteroatoms. The second-order valence-corrected chi connectivity index (χ2v) is 8.29. The van der Waals surface area contributed by atoms with Crippen LogP contribution in [0, 0.1) is 5.92 Å². The molecule has 4 nitrogen and oxygen atoms in total. The number of carbonyl (C=O) groups excluding carboxylic acids is 1. The Labute approximate surface area is 126 Å². The van der Waals surface area contributed by atoms with E-state index in [1.54, 1.807) is 6.92 Å². The maximum Gasteiger partial charge on any atom is 0.224 e. The van der Waals surface area contributed by atoms with E-state index in [0.29, 0.717) is 0 Å². The molecule has 1 aliphatic carbocycles. The molecule has 0 unspecified atom stereocenters. The number of sulfone groups is 1. The molecule has 0 radical (unpaired) electrons. The lowest BCUT2D eigenvalue weighted by atomic mass is 10.0. The Morgan fingerprint density at radius 1 is 1.24 bits per heavy atom. The predicted octanol–water partition coefficient (Wildman–Crippen LogP) is 2.03. The van der Waals surface area contributed by atoms with Crippen LogP contribution < -0.4 is 5.32 Å². The molecule has 1 aliphatic rings. The fourth-order valence-electron chi connectivity index (χ4n) is 2.83. The standard InChI is InChI=1S/C16H23NO3S/c1-11(10-21(3,19)20)16(18)17-12(2)14-8-7-13-5-4-6-15(13)9-14/h7-9,11-12H,4-6,10H2,1-3H3,(H,17,18)/t11-,12-/m1/s1. The highest BCUT2D eigenvalue weighted by Gasteiger charge is 2.21. The van der Waals surface area contributed by atoms with Gasteiger partial charge >= 0.3 is 0 Å². The third kappa shape index (κ3) is 4.30. The molecule has 0 aromatic heterocycles. The van der Waals surface area contributed by atoms with Gasteiger partial charge in [0.2, 0.25) is 5.91 Å². The summed E-state index contributed by atoms with van der Waals surface area (Å²) in [6.45, 7) is 3.58. The summed E-state index contributed by atoms with van der Waals surface area (Å²) in [5, 5.41) is 2.91. The van der Waals surface area contributed by atoms with Gasteiger partial charge in [0.15, 0.2) is 0 Å². The topological polar surface area (TPSA) is 63.2 Å². The molecule has 1 aromatic rings. The van der Waals surface area contributed by atoms with Crippen LogP contribution in [0.2, 0.25) is 0 Å². The van der Waals surface area contributed by atoms with Crippen LogP contribution in [0.4, 0.5) is 0 Å². The highest BCUT2D eigenvalue weighted by molar-refractivity contribution is 7.90. The van der Waals surface area contributed by atoms with Gasteiger partial charge in [0.05, 0.1) is 11.8 Å². The highest BCUT2D eigenvalue weighted by atomic mass is 32.2. The second kappa shape index (κ2) is 6.18. The molecule has 2 atom stereocenters. The van der Waals surface area contributed by atoms with E-state index in [4.69, 9.17) is 0 Å². The molecule has 0 bridgehead atoms. The number of aryl methyl sites for hydroxylation is 2. The quantitative estimate of drug-likeness (QED) is 0.905. The van der Waals surface area contributed by atoms with E-state index in [-0.39, 0.29) is 17.7 Å². The van der Waals surface area contributed by atoms with E-state index in [9.17, 15) is 13.2 Å². The van der Waals surface area contributed by atoms with Gasteiger partial charge in [0.25, 0.3) is 0 Å². The summed E-state index contributed by atoms with van der Waals surface area (Å²) in [6.07, 6.45) is 4.60. The number of rotatable bonds is 5. The van der Waals surface area contributed by atoms with Crippen molar-refractivity contribution in [2.24, 2.45) is 5.92 Å². The largest absolute Gasteiger partial charge is 0.349 e. The van der Waals surface area contributed by atoms with Crippen LogP contribution in [0.15, 0.2) is 18.2 Å². The summed E-state index contributed by atoms with van der Waals surface area (Å²) < 4.78 is 22.5. The van der Waals surface area contributed by atoms with E-state index in [2.05, 4.69) is 23.5 Å². The van der Waals surface area contributed by atoms with E-state index in [1.807, 2.05) is 6.92 Å². The Balaban J connectivity index is 2.01. The van der Waals surface area contributed by atoms with Crippen molar-refractivity contribution in [1.82, 2.24) is 5.32 Å². The van der Waals surface area contributed by atoms with Crippen molar-refractivity contribution in [2.45, 2.75) is 39.2 Å². The van der Waals surface area contributed by atoms with Gasteiger partial charge in [-0.2, -0.15) is 0 Å². The molecular weight excluding hydrogens is 286 g/mol. The van der Waals surface area contributed by atoms with Gasteiger partial charge in [-0.25, -0.2) is 8.42 Å². The van der Waals surface area contributed by atoms with Crippen molar-refractivity contribution in [3.8, 4) is 0 Å². The fourth-order valence-corrected chi connectivity index (χ4v) is 3.89. The minimum atomic E-state index is -3.14. The van der Waals surface area contributed by atoms with Gasteiger partial charge in [-0.1, -0.05) is 25.1 Å². The molecule has 1 amide bonds. The van der Waals surface area contributed by atoms with Gasteiger partial charge in [0, 0.05) is 12.2 Å². The molecule has 1 N–H and O–H groups in total. The maximum atomic E-state index is 12.1. The smallest absolute Gasteiger partial charge is 0.224 e. The second-order valence-electron chi connectivity index (χ2n) is 6.11. The van der Waals surface area contributed by atoms with Crippen molar-refractivity contribution < 1.29 is 13.2 Å². The SMILES string of the molecule is C[C@H](CS(C)(=O)=O)C(=O)N[C@H](C)c1ccc2c(c1)CCC2. The summed E-state index contributed by atoms with van der Waals surface area (Å²) in [6, 6.07) is 6.25. The molecule has 0 heterocycles. The van der Waals surface area contributed by atoms with Gasteiger partial charge in [-0.05, 0) is 42.9 Å². The monoisotopic (exact) mass is 309 g/mol. The summed E-state index contributed by atoms with van der Waals surface area (Å²) in [7, 11) is -3.14. The lowest BCUT2D eigenvalue weighted by Gasteiger charge is -2.18.